The van der Waals surface area contributed by atoms with Crippen molar-refractivity contribution in [3.8, 4) is 6.07 Å². The van der Waals surface area contributed by atoms with Crippen molar-refractivity contribution in [1.82, 2.24) is 4.98 Å². The Morgan fingerprint density at radius 2 is 1.88 bits per heavy atom. The van der Waals surface area contributed by atoms with Crippen molar-refractivity contribution >= 4 is 23.4 Å². The summed E-state index contributed by atoms with van der Waals surface area (Å²) < 4.78 is 53.1. The highest BCUT2D eigenvalue weighted by molar-refractivity contribution is 7.99. The molecule has 2 rings (SSSR count). The Kier molecular flexibility index (Phi) is 5.98. The molecule has 0 spiro atoms. The van der Waals surface area contributed by atoms with Gasteiger partial charge in [0.15, 0.2) is 23.3 Å². The Balaban J connectivity index is 2.01. The fraction of sp³-hybridized carbons (Fsp3) is 0.188. The van der Waals surface area contributed by atoms with Crippen LogP contribution < -0.4 is 5.32 Å². The first kappa shape index (κ1) is 18.7. The molecule has 1 N–H and O–H groups in total. The van der Waals surface area contributed by atoms with E-state index in [9.17, 15) is 22.4 Å². The van der Waals surface area contributed by atoms with Gasteiger partial charge in [0, 0.05) is 23.9 Å². The average molecular weight is 369 g/mol. The summed E-state index contributed by atoms with van der Waals surface area (Å²) in [6, 6.07) is 5.27. The molecule has 0 atom stereocenters. The highest BCUT2D eigenvalue weighted by Gasteiger charge is 2.20. The standard InChI is InChI=1S/C16H11F4N3OS/c1-8-2-3-9(7-21)16(22-8)25-5-4-12(24)23-15-13(19)10(17)6-11(18)14(15)20/h2-3,6H,4-5H2,1H3,(H,23,24). The maximum atomic E-state index is 13.5. The van der Waals surface area contributed by atoms with E-state index >= 15 is 0 Å². The van der Waals surface area contributed by atoms with Gasteiger partial charge in [-0.15, -0.1) is 11.8 Å². The van der Waals surface area contributed by atoms with Crippen molar-refractivity contribution in [2.75, 3.05) is 11.1 Å². The molecule has 0 aliphatic carbocycles. The van der Waals surface area contributed by atoms with E-state index in [0.717, 1.165) is 11.8 Å². The first-order chi connectivity index (χ1) is 11.8. The van der Waals surface area contributed by atoms with E-state index in [1.807, 2.05) is 11.4 Å². The van der Waals surface area contributed by atoms with Gasteiger partial charge in [0.05, 0.1) is 5.56 Å². The van der Waals surface area contributed by atoms with E-state index in [4.69, 9.17) is 5.26 Å². The zero-order valence-electron chi connectivity index (χ0n) is 12.9. The fourth-order valence-corrected chi connectivity index (χ4v) is 2.81. The summed E-state index contributed by atoms with van der Waals surface area (Å²) in [4.78, 5) is 15.9. The van der Waals surface area contributed by atoms with Crippen molar-refractivity contribution in [1.29, 1.82) is 5.26 Å². The van der Waals surface area contributed by atoms with Gasteiger partial charge in [0.25, 0.3) is 0 Å². The molecular weight excluding hydrogens is 358 g/mol. The molecular formula is C16H11F4N3OS. The van der Waals surface area contributed by atoms with E-state index in [-0.39, 0.29) is 18.2 Å². The number of aromatic nitrogens is 1. The quantitative estimate of drug-likeness (QED) is 0.493. The zero-order valence-corrected chi connectivity index (χ0v) is 13.7. The van der Waals surface area contributed by atoms with Crippen molar-refractivity contribution in [2.24, 2.45) is 0 Å². The van der Waals surface area contributed by atoms with Gasteiger partial charge in [0.1, 0.15) is 16.8 Å². The number of amides is 1. The summed E-state index contributed by atoms with van der Waals surface area (Å²) in [5, 5.41) is 11.2. The molecule has 25 heavy (non-hydrogen) atoms. The van der Waals surface area contributed by atoms with Crippen molar-refractivity contribution < 1.29 is 22.4 Å². The predicted molar refractivity (Wildman–Crippen MR) is 83.9 cm³/mol. The van der Waals surface area contributed by atoms with E-state index in [0.29, 0.717) is 16.3 Å². The van der Waals surface area contributed by atoms with Crippen LogP contribution in [0.4, 0.5) is 23.2 Å². The molecule has 0 fully saturated rings. The van der Waals surface area contributed by atoms with Crippen molar-refractivity contribution in [2.45, 2.75) is 18.4 Å². The predicted octanol–water partition coefficient (Wildman–Crippen LogP) is 3.94. The molecule has 0 saturated carbocycles. The third-order valence-corrected chi connectivity index (χ3v) is 4.06. The lowest BCUT2D eigenvalue weighted by atomic mass is 10.2. The minimum atomic E-state index is -1.67. The Bertz CT molecular complexity index is 841. The number of aryl methyl sites for hydroxylation is 1. The molecule has 2 aromatic rings. The number of carbonyl (C=O) groups is 1. The molecule has 130 valence electrons. The highest BCUT2D eigenvalue weighted by atomic mass is 32.2. The van der Waals surface area contributed by atoms with Gasteiger partial charge in [-0.2, -0.15) is 5.26 Å². The lowest BCUT2D eigenvalue weighted by Crippen LogP contribution is -2.16. The van der Waals surface area contributed by atoms with Gasteiger partial charge in [-0.05, 0) is 19.1 Å². The number of benzene rings is 1. The van der Waals surface area contributed by atoms with Crippen LogP contribution >= 0.6 is 11.8 Å². The van der Waals surface area contributed by atoms with Gasteiger partial charge in [0.2, 0.25) is 5.91 Å². The summed E-state index contributed by atoms with van der Waals surface area (Å²) in [6.45, 7) is 1.74. The van der Waals surface area contributed by atoms with Crippen LogP contribution in [0.3, 0.4) is 0 Å². The number of rotatable bonds is 5. The molecule has 1 aromatic carbocycles. The van der Waals surface area contributed by atoms with Gasteiger partial charge >= 0.3 is 0 Å². The number of halogens is 4. The van der Waals surface area contributed by atoms with Gasteiger partial charge < -0.3 is 5.32 Å². The second kappa shape index (κ2) is 7.98. The fourth-order valence-electron chi connectivity index (χ4n) is 1.85. The van der Waals surface area contributed by atoms with E-state index in [1.165, 1.54) is 0 Å². The molecule has 0 radical (unpaired) electrons. The lowest BCUT2D eigenvalue weighted by Gasteiger charge is -2.09. The lowest BCUT2D eigenvalue weighted by molar-refractivity contribution is -0.115. The average Bonchev–Trinajstić information content (AvgIpc) is 2.57. The number of carbonyl (C=O) groups excluding carboxylic acids is 1. The summed E-state index contributed by atoms with van der Waals surface area (Å²) in [6.07, 6.45) is -0.206. The Labute approximate surface area is 144 Å². The monoisotopic (exact) mass is 369 g/mol. The third-order valence-electron chi connectivity index (χ3n) is 3.06. The number of anilines is 1. The van der Waals surface area contributed by atoms with Crippen molar-refractivity contribution in [3.63, 3.8) is 0 Å². The minimum Gasteiger partial charge on any atom is -0.321 e. The molecule has 0 saturated heterocycles. The second-order valence-corrected chi connectivity index (χ2v) is 5.99. The Hall–Kier alpha value is -2.60. The molecule has 4 nitrogen and oxygen atoms in total. The van der Waals surface area contributed by atoms with E-state index in [1.54, 1.807) is 19.1 Å². The number of hydrogen-bond donors (Lipinski definition) is 1. The number of hydrogen-bond acceptors (Lipinski definition) is 4. The molecule has 0 aliphatic heterocycles. The Morgan fingerprint density at radius 3 is 2.48 bits per heavy atom. The maximum Gasteiger partial charge on any atom is 0.225 e. The summed E-state index contributed by atoms with van der Waals surface area (Å²) in [7, 11) is 0. The number of nitrogens with zero attached hydrogens (tertiary/aromatic N) is 2. The van der Waals surface area contributed by atoms with Crippen LogP contribution in [0.5, 0.6) is 0 Å². The van der Waals surface area contributed by atoms with Crippen LogP contribution in [0, 0.1) is 41.5 Å². The molecule has 1 amide bonds. The minimum absolute atomic E-state index is 0.0585. The molecule has 0 unspecified atom stereocenters. The molecule has 1 aromatic heterocycles. The first-order valence-electron chi connectivity index (χ1n) is 6.97. The van der Waals surface area contributed by atoms with Crippen molar-refractivity contribution in [3.05, 3.63) is 52.7 Å². The van der Waals surface area contributed by atoms with Gasteiger partial charge in [-0.3, -0.25) is 4.79 Å². The van der Waals surface area contributed by atoms with Crippen LogP contribution in [0.1, 0.15) is 17.7 Å². The molecule has 0 bridgehead atoms. The third kappa shape index (κ3) is 4.48. The molecule has 1 heterocycles. The Morgan fingerprint density at radius 1 is 1.24 bits per heavy atom. The van der Waals surface area contributed by atoms with Crippen LogP contribution in [0.25, 0.3) is 0 Å². The largest absolute Gasteiger partial charge is 0.321 e. The number of thioether (sulfide) groups is 1. The first-order valence-corrected chi connectivity index (χ1v) is 7.95. The molecule has 9 heteroatoms. The summed E-state index contributed by atoms with van der Waals surface area (Å²) in [5.41, 5.74) is -0.149. The van der Waals surface area contributed by atoms with Crippen LogP contribution in [0.2, 0.25) is 0 Å². The van der Waals surface area contributed by atoms with Crippen LogP contribution in [-0.4, -0.2) is 16.6 Å². The number of pyridine rings is 1. The van der Waals surface area contributed by atoms with Crippen LogP contribution in [-0.2, 0) is 4.79 Å². The maximum absolute atomic E-state index is 13.5. The topological polar surface area (TPSA) is 65.8 Å². The summed E-state index contributed by atoms with van der Waals surface area (Å²) >= 11 is 1.11. The summed E-state index contributed by atoms with van der Waals surface area (Å²) in [5.74, 6) is -7.24. The highest BCUT2D eigenvalue weighted by Crippen LogP contribution is 2.25. The number of nitrogens with one attached hydrogen (secondary N) is 1. The van der Waals surface area contributed by atoms with E-state index < -0.39 is 34.9 Å². The SMILES string of the molecule is Cc1ccc(C#N)c(SCCC(=O)Nc2c(F)c(F)cc(F)c2F)n1. The zero-order chi connectivity index (χ0) is 18.6. The van der Waals surface area contributed by atoms with E-state index in [2.05, 4.69) is 4.98 Å². The van der Waals surface area contributed by atoms with Gasteiger partial charge in [-0.25, -0.2) is 22.5 Å². The smallest absolute Gasteiger partial charge is 0.225 e. The normalized spacial score (nSPS) is 10.4. The molecule has 0 aliphatic rings. The number of nitriles is 1. The second-order valence-electron chi connectivity index (χ2n) is 4.91. The van der Waals surface area contributed by atoms with Gasteiger partial charge in [-0.1, -0.05) is 0 Å². The van der Waals surface area contributed by atoms with Crippen LogP contribution in [0.15, 0.2) is 23.2 Å².